The number of fused-ring (bicyclic) bond motifs is 1. The lowest BCUT2D eigenvalue weighted by Gasteiger charge is -2.16. The van der Waals surface area contributed by atoms with Gasteiger partial charge in [0.05, 0.1) is 12.1 Å². The second-order valence-electron chi connectivity index (χ2n) is 11.0. The monoisotopic (exact) mass is 582 g/mol. The van der Waals surface area contributed by atoms with Crippen molar-refractivity contribution in [3.05, 3.63) is 0 Å². The predicted molar refractivity (Wildman–Crippen MR) is 158 cm³/mol. The Bertz CT molecular complexity index is 827. The molecule has 2 fully saturated rings. The molecular formula is C28H50N6O5S. The van der Waals surface area contributed by atoms with Gasteiger partial charge in [-0.1, -0.05) is 33.1 Å². The van der Waals surface area contributed by atoms with E-state index in [2.05, 4.69) is 31.9 Å². The van der Waals surface area contributed by atoms with Gasteiger partial charge < -0.3 is 31.9 Å². The van der Waals surface area contributed by atoms with E-state index in [9.17, 15) is 24.0 Å². The molecule has 0 saturated carbocycles. The summed E-state index contributed by atoms with van der Waals surface area (Å²) in [6.45, 7) is 5.78. The third-order valence-corrected chi connectivity index (χ3v) is 8.67. The number of thioether (sulfide) groups is 1. The maximum Gasteiger partial charge on any atom is 0.315 e. The van der Waals surface area contributed by atoms with Gasteiger partial charge in [-0.25, -0.2) is 4.79 Å². The van der Waals surface area contributed by atoms with Crippen LogP contribution in [-0.4, -0.2) is 78.9 Å². The second kappa shape index (κ2) is 19.6. The summed E-state index contributed by atoms with van der Waals surface area (Å²) in [5, 5.41) is 17.8. The topological polar surface area (TPSA) is 158 Å². The maximum atomic E-state index is 12.1. The highest BCUT2D eigenvalue weighted by Crippen LogP contribution is 2.33. The molecule has 40 heavy (non-hydrogen) atoms. The number of hydrogen-bond donors (Lipinski definition) is 6. The molecule has 3 atom stereocenters. The first-order chi connectivity index (χ1) is 19.3. The summed E-state index contributed by atoms with van der Waals surface area (Å²) in [6.07, 6.45) is 9.34. The van der Waals surface area contributed by atoms with Crippen LogP contribution in [0.3, 0.4) is 0 Å². The maximum absolute atomic E-state index is 12.1. The molecule has 12 heteroatoms. The van der Waals surface area contributed by atoms with E-state index in [4.69, 9.17) is 0 Å². The second-order valence-corrected chi connectivity index (χ2v) is 12.3. The van der Waals surface area contributed by atoms with Crippen LogP contribution in [0.2, 0.25) is 0 Å². The van der Waals surface area contributed by atoms with Gasteiger partial charge in [-0.3, -0.25) is 19.2 Å². The number of urea groups is 1. The molecule has 2 aliphatic rings. The van der Waals surface area contributed by atoms with Crippen LogP contribution in [0.4, 0.5) is 4.79 Å². The van der Waals surface area contributed by atoms with Gasteiger partial charge in [0.2, 0.25) is 23.6 Å². The van der Waals surface area contributed by atoms with Crippen molar-refractivity contribution in [1.82, 2.24) is 31.9 Å². The SMILES string of the molecule is CC(C)C(=O)NCCNC(=O)CCCCCNC(=O)CCCCCNC(=O)CCCC[C@@H]1SC[C@@H]2NC(=O)N[C@@H]21. The van der Waals surface area contributed by atoms with E-state index in [0.717, 1.165) is 63.5 Å². The molecule has 0 unspecified atom stereocenters. The van der Waals surface area contributed by atoms with E-state index in [1.54, 1.807) is 0 Å². The summed E-state index contributed by atoms with van der Waals surface area (Å²) in [5.74, 6) is 0.991. The summed E-state index contributed by atoms with van der Waals surface area (Å²) >= 11 is 1.90. The highest BCUT2D eigenvalue weighted by molar-refractivity contribution is 8.00. The van der Waals surface area contributed by atoms with E-state index >= 15 is 0 Å². The Balaban J connectivity index is 1.31. The number of amides is 6. The van der Waals surface area contributed by atoms with Crippen molar-refractivity contribution >= 4 is 41.4 Å². The Labute approximate surface area is 243 Å². The van der Waals surface area contributed by atoms with Crippen molar-refractivity contribution in [2.45, 2.75) is 108 Å². The molecule has 2 rings (SSSR count). The highest BCUT2D eigenvalue weighted by Gasteiger charge is 2.42. The Morgan fingerprint density at radius 3 is 1.82 bits per heavy atom. The van der Waals surface area contributed by atoms with E-state index in [1.165, 1.54) is 0 Å². The van der Waals surface area contributed by atoms with Crippen molar-refractivity contribution in [1.29, 1.82) is 0 Å². The first kappa shape index (κ1) is 33.7. The van der Waals surface area contributed by atoms with Crippen molar-refractivity contribution in [2.24, 2.45) is 5.92 Å². The zero-order valence-electron chi connectivity index (χ0n) is 24.3. The molecule has 2 heterocycles. The van der Waals surface area contributed by atoms with Gasteiger partial charge >= 0.3 is 6.03 Å². The molecule has 0 aromatic rings. The fraction of sp³-hybridized carbons (Fsp3) is 0.821. The zero-order chi connectivity index (χ0) is 29.2. The molecule has 0 bridgehead atoms. The molecule has 2 aliphatic heterocycles. The smallest absolute Gasteiger partial charge is 0.315 e. The van der Waals surface area contributed by atoms with Crippen LogP contribution in [-0.2, 0) is 19.2 Å². The molecule has 6 N–H and O–H groups in total. The first-order valence-electron chi connectivity index (χ1n) is 15.0. The fourth-order valence-corrected chi connectivity index (χ4v) is 6.30. The van der Waals surface area contributed by atoms with Crippen LogP contribution in [0.25, 0.3) is 0 Å². The zero-order valence-corrected chi connectivity index (χ0v) is 25.1. The standard InChI is InChI=1S/C28H50N6O5S/c1-20(2)27(38)32-18-17-31-25(37)13-6-4-10-15-29-23(35)12-5-3-9-16-30-24(36)14-8-7-11-22-26-21(19-40-22)33-28(39)34-26/h20-22,26H,3-19H2,1-2H3,(H,29,35)(H,30,36)(H,31,37)(H,32,38)(H2,33,34,39)/t21-,22-,26-/m0/s1. The predicted octanol–water partition coefficient (Wildman–Crippen LogP) is 1.95. The quantitative estimate of drug-likeness (QED) is 0.0897. The van der Waals surface area contributed by atoms with Gasteiger partial charge in [0.1, 0.15) is 0 Å². The largest absolute Gasteiger partial charge is 0.356 e. The number of carbonyl (C=O) groups excluding carboxylic acids is 5. The molecule has 0 aromatic carbocycles. The average molecular weight is 583 g/mol. The molecule has 0 radical (unpaired) electrons. The van der Waals surface area contributed by atoms with Crippen LogP contribution in [0.1, 0.15) is 90.9 Å². The average Bonchev–Trinajstić information content (AvgIpc) is 3.47. The van der Waals surface area contributed by atoms with Crippen molar-refractivity contribution < 1.29 is 24.0 Å². The summed E-state index contributed by atoms with van der Waals surface area (Å²) in [4.78, 5) is 58.7. The normalized spacial score (nSPS) is 19.5. The lowest BCUT2D eigenvalue weighted by Crippen LogP contribution is -2.36. The lowest BCUT2D eigenvalue weighted by atomic mass is 10.0. The molecule has 11 nitrogen and oxygen atoms in total. The van der Waals surface area contributed by atoms with Crippen molar-refractivity contribution in [3.8, 4) is 0 Å². The third-order valence-electron chi connectivity index (χ3n) is 7.16. The molecule has 0 spiro atoms. The number of nitrogens with one attached hydrogen (secondary N) is 6. The molecule has 2 saturated heterocycles. The molecular weight excluding hydrogens is 532 g/mol. The summed E-state index contributed by atoms with van der Waals surface area (Å²) in [7, 11) is 0. The lowest BCUT2D eigenvalue weighted by molar-refractivity contribution is -0.124. The van der Waals surface area contributed by atoms with Crippen LogP contribution in [0, 0.1) is 5.92 Å². The Hall–Kier alpha value is -2.50. The van der Waals surface area contributed by atoms with E-state index < -0.39 is 0 Å². The Kier molecular flexibility index (Phi) is 16.5. The minimum Gasteiger partial charge on any atom is -0.356 e. The Morgan fingerprint density at radius 1 is 0.725 bits per heavy atom. The van der Waals surface area contributed by atoms with Gasteiger partial charge in [-0.05, 0) is 38.5 Å². The molecule has 0 aliphatic carbocycles. The molecule has 6 amide bonds. The minimum atomic E-state index is -0.0612. The van der Waals surface area contributed by atoms with Crippen molar-refractivity contribution in [2.75, 3.05) is 31.9 Å². The fourth-order valence-electron chi connectivity index (χ4n) is 4.76. The first-order valence-corrected chi connectivity index (χ1v) is 16.1. The molecule has 0 aromatic heterocycles. The van der Waals surface area contributed by atoms with Gasteiger partial charge in [0.25, 0.3) is 0 Å². The van der Waals surface area contributed by atoms with Crippen LogP contribution >= 0.6 is 11.8 Å². The summed E-state index contributed by atoms with van der Waals surface area (Å²) in [5.41, 5.74) is 0. The van der Waals surface area contributed by atoms with Crippen LogP contribution < -0.4 is 31.9 Å². The third kappa shape index (κ3) is 14.2. The van der Waals surface area contributed by atoms with E-state index in [-0.39, 0.29) is 47.7 Å². The van der Waals surface area contributed by atoms with E-state index in [1.807, 2.05) is 25.6 Å². The minimum absolute atomic E-state index is 0.0177. The van der Waals surface area contributed by atoms with Crippen LogP contribution in [0.15, 0.2) is 0 Å². The summed E-state index contributed by atoms with van der Waals surface area (Å²) < 4.78 is 0. The Morgan fingerprint density at radius 2 is 1.25 bits per heavy atom. The van der Waals surface area contributed by atoms with Gasteiger partial charge in [-0.2, -0.15) is 11.8 Å². The number of hydrogen-bond acceptors (Lipinski definition) is 6. The van der Waals surface area contributed by atoms with Gasteiger partial charge in [0, 0.05) is 62.4 Å². The van der Waals surface area contributed by atoms with Gasteiger partial charge in [-0.15, -0.1) is 0 Å². The van der Waals surface area contributed by atoms with Gasteiger partial charge in [0.15, 0.2) is 0 Å². The highest BCUT2D eigenvalue weighted by atomic mass is 32.2. The number of carbonyl (C=O) groups is 5. The molecule has 228 valence electrons. The van der Waals surface area contributed by atoms with Crippen molar-refractivity contribution in [3.63, 3.8) is 0 Å². The van der Waals surface area contributed by atoms with Crippen LogP contribution in [0.5, 0.6) is 0 Å². The number of rotatable bonds is 21. The number of unbranched alkanes of at least 4 members (excludes halogenated alkanes) is 5. The summed E-state index contributed by atoms with van der Waals surface area (Å²) in [6, 6.07) is 0.410. The van der Waals surface area contributed by atoms with E-state index in [0.29, 0.717) is 50.7 Å².